The van der Waals surface area contributed by atoms with Gasteiger partial charge in [0.1, 0.15) is 5.82 Å². The number of nitrogens with zero attached hydrogens (tertiary/aromatic N) is 6. The molecule has 10 heteroatoms. The van der Waals surface area contributed by atoms with Crippen LogP contribution in [0.5, 0.6) is 0 Å². The van der Waals surface area contributed by atoms with E-state index in [2.05, 4.69) is 21.8 Å². The molecule has 2 aromatic heterocycles. The maximum absolute atomic E-state index is 13.8. The van der Waals surface area contributed by atoms with Gasteiger partial charge in [0.15, 0.2) is 0 Å². The number of alkyl halides is 2. The van der Waals surface area contributed by atoms with Crippen molar-refractivity contribution in [3.63, 3.8) is 0 Å². The lowest BCUT2D eigenvalue weighted by molar-refractivity contribution is 0.00171. The number of morpholine rings is 1. The fraction of sp³-hybridized carbons (Fsp3) is 0.600. The molecule has 0 bridgehead atoms. The molecule has 160 valence electrons. The first kappa shape index (κ1) is 19.3. The lowest BCUT2D eigenvalue weighted by atomic mass is 10.0. The zero-order valence-electron chi connectivity index (χ0n) is 16.8. The number of hydrogen-bond acceptors (Lipinski definition) is 8. The lowest BCUT2D eigenvalue weighted by Crippen LogP contribution is -2.44. The zero-order valence-corrected chi connectivity index (χ0v) is 16.8. The van der Waals surface area contributed by atoms with E-state index in [4.69, 9.17) is 20.4 Å². The fourth-order valence-electron chi connectivity index (χ4n) is 4.81. The van der Waals surface area contributed by atoms with E-state index >= 15 is 0 Å². The van der Waals surface area contributed by atoms with Crippen LogP contribution in [0.25, 0.3) is 11.3 Å². The smallest absolute Gasteiger partial charge is 0.248 e. The molecule has 1 saturated carbocycles. The Hall–Kier alpha value is -2.62. The summed E-state index contributed by atoms with van der Waals surface area (Å²) in [5.41, 5.74) is 7.05. The highest BCUT2D eigenvalue weighted by atomic mass is 19.3. The molecule has 3 fully saturated rings. The summed E-state index contributed by atoms with van der Waals surface area (Å²) in [7, 11) is 0. The van der Waals surface area contributed by atoms with Gasteiger partial charge in [-0.3, -0.25) is 0 Å². The van der Waals surface area contributed by atoms with Gasteiger partial charge in [-0.1, -0.05) is 0 Å². The zero-order chi connectivity index (χ0) is 20.9. The van der Waals surface area contributed by atoms with Crippen LogP contribution in [0.4, 0.5) is 26.5 Å². The molecule has 0 amide bonds. The van der Waals surface area contributed by atoms with Crippen LogP contribution in [-0.2, 0) is 4.74 Å². The lowest BCUT2D eigenvalue weighted by Gasteiger charge is -2.35. The maximum atomic E-state index is 13.8. The molecule has 2 aliphatic heterocycles. The van der Waals surface area contributed by atoms with Crippen LogP contribution in [0.3, 0.4) is 0 Å². The number of ether oxygens (including phenoxy) is 1. The number of nitrogen functional groups attached to an aromatic ring is 1. The third-order valence-corrected chi connectivity index (χ3v) is 6.31. The first-order valence-corrected chi connectivity index (χ1v) is 10.3. The van der Waals surface area contributed by atoms with Crippen molar-refractivity contribution in [1.29, 1.82) is 0 Å². The molecule has 3 atom stereocenters. The van der Waals surface area contributed by atoms with E-state index < -0.39 is 5.92 Å². The van der Waals surface area contributed by atoms with Crippen molar-refractivity contribution >= 4 is 17.7 Å². The first-order chi connectivity index (χ1) is 14.4. The number of rotatable bonds is 3. The molecule has 8 nitrogen and oxygen atoms in total. The Morgan fingerprint density at radius 2 is 1.83 bits per heavy atom. The Bertz CT molecular complexity index is 910. The van der Waals surface area contributed by atoms with Gasteiger partial charge in [-0.2, -0.15) is 4.98 Å². The molecule has 2 aromatic rings. The quantitative estimate of drug-likeness (QED) is 0.813. The van der Waals surface area contributed by atoms with Crippen molar-refractivity contribution in [3.05, 3.63) is 18.5 Å². The van der Waals surface area contributed by atoms with E-state index in [1.54, 1.807) is 12.4 Å². The van der Waals surface area contributed by atoms with E-state index in [0.29, 0.717) is 37.9 Å². The van der Waals surface area contributed by atoms with Gasteiger partial charge in [-0.05, 0) is 18.8 Å². The van der Waals surface area contributed by atoms with E-state index in [-0.39, 0.29) is 36.7 Å². The maximum Gasteiger partial charge on any atom is 0.248 e. The van der Waals surface area contributed by atoms with Gasteiger partial charge < -0.3 is 20.3 Å². The van der Waals surface area contributed by atoms with Crippen molar-refractivity contribution in [1.82, 2.24) is 19.9 Å². The van der Waals surface area contributed by atoms with E-state index in [1.165, 1.54) is 0 Å². The van der Waals surface area contributed by atoms with E-state index in [0.717, 1.165) is 17.9 Å². The number of nitrogens with two attached hydrogens (primary N) is 1. The minimum Gasteiger partial charge on any atom is -0.377 e. The van der Waals surface area contributed by atoms with Crippen molar-refractivity contribution in [2.24, 2.45) is 11.8 Å². The second-order valence-electron chi connectivity index (χ2n) is 8.55. The van der Waals surface area contributed by atoms with Crippen molar-refractivity contribution in [2.75, 3.05) is 48.4 Å². The number of halogens is 2. The Morgan fingerprint density at radius 1 is 1.13 bits per heavy atom. The van der Waals surface area contributed by atoms with Crippen LogP contribution in [0, 0.1) is 11.8 Å². The highest BCUT2D eigenvalue weighted by molar-refractivity contribution is 5.64. The minimum atomic E-state index is -2.54. The highest BCUT2D eigenvalue weighted by Crippen LogP contribution is 2.47. The van der Waals surface area contributed by atoms with Crippen LogP contribution in [0.2, 0.25) is 0 Å². The molecule has 2 saturated heterocycles. The van der Waals surface area contributed by atoms with Crippen molar-refractivity contribution < 1.29 is 13.5 Å². The number of hydrogen-bond donors (Lipinski definition) is 1. The third kappa shape index (κ3) is 3.64. The molecule has 2 N–H and O–H groups in total. The average molecular weight is 417 g/mol. The van der Waals surface area contributed by atoms with Crippen LogP contribution >= 0.6 is 0 Å². The fourth-order valence-corrected chi connectivity index (χ4v) is 4.81. The molecule has 1 aliphatic carbocycles. The molecule has 3 aliphatic rings. The first-order valence-electron chi connectivity index (χ1n) is 10.3. The normalized spacial score (nSPS) is 28.0. The predicted molar refractivity (Wildman–Crippen MR) is 108 cm³/mol. The van der Waals surface area contributed by atoms with Gasteiger partial charge in [-0.15, -0.1) is 0 Å². The average Bonchev–Trinajstić information content (AvgIpc) is 3.22. The summed E-state index contributed by atoms with van der Waals surface area (Å²) in [6.45, 7) is 5.19. The Balaban J connectivity index is 1.49. The molecule has 0 aromatic carbocycles. The van der Waals surface area contributed by atoms with Gasteiger partial charge in [0.25, 0.3) is 0 Å². The Morgan fingerprint density at radius 3 is 2.50 bits per heavy atom. The number of fused-ring (bicyclic) bond motifs is 1. The molecular formula is C20H25F2N7O. The third-order valence-electron chi connectivity index (χ3n) is 6.31. The molecule has 4 heterocycles. The SMILES string of the molecule is C[C@H]1COCCN1c1cc(-c2cnc(N)nc2)nc(N2C[C@@H]3CC(F)(F)C[C@@H]3C2)n1. The second-order valence-corrected chi connectivity index (χ2v) is 8.55. The minimum absolute atomic E-state index is 0.0159. The number of aromatic nitrogens is 4. The van der Waals surface area contributed by atoms with E-state index in [1.807, 2.05) is 11.0 Å². The molecule has 5 rings (SSSR count). The van der Waals surface area contributed by atoms with Crippen LogP contribution in [0.1, 0.15) is 19.8 Å². The van der Waals surface area contributed by atoms with Gasteiger partial charge in [0.2, 0.25) is 17.8 Å². The topological polar surface area (TPSA) is 93.3 Å². The summed E-state index contributed by atoms with van der Waals surface area (Å²) in [6.07, 6.45) is 3.18. The highest BCUT2D eigenvalue weighted by Gasteiger charge is 2.50. The summed E-state index contributed by atoms with van der Waals surface area (Å²) in [6, 6.07) is 2.10. The van der Waals surface area contributed by atoms with Crippen LogP contribution < -0.4 is 15.5 Å². The summed E-state index contributed by atoms with van der Waals surface area (Å²) < 4.78 is 33.1. The van der Waals surface area contributed by atoms with Gasteiger partial charge in [0, 0.05) is 56.5 Å². The summed E-state index contributed by atoms with van der Waals surface area (Å²) in [4.78, 5) is 22.0. The van der Waals surface area contributed by atoms with Crippen molar-refractivity contribution in [2.45, 2.75) is 31.7 Å². The Kier molecular flexibility index (Phi) is 4.68. The Labute approximate surface area is 173 Å². The molecule has 0 unspecified atom stereocenters. The van der Waals surface area contributed by atoms with Gasteiger partial charge >= 0.3 is 0 Å². The van der Waals surface area contributed by atoms with Gasteiger partial charge in [0.05, 0.1) is 24.9 Å². The predicted octanol–water partition coefficient (Wildman–Crippen LogP) is 2.22. The molecule has 0 spiro atoms. The molecular weight excluding hydrogens is 392 g/mol. The second kappa shape index (κ2) is 7.26. The van der Waals surface area contributed by atoms with Crippen LogP contribution in [0.15, 0.2) is 18.5 Å². The van der Waals surface area contributed by atoms with Crippen LogP contribution in [-0.4, -0.2) is 64.7 Å². The standard InChI is InChI=1S/C20H25F2N7O/c1-12-11-30-3-2-29(12)17-4-16(15-7-24-18(23)25-8-15)26-19(27-17)28-9-13-5-20(21,22)6-14(13)10-28/h4,7-8,12-14H,2-3,5-6,9-11H2,1H3,(H2,23,24,25)/t12-,13-,14+/m0/s1. The largest absolute Gasteiger partial charge is 0.377 e. The summed E-state index contributed by atoms with van der Waals surface area (Å²) >= 11 is 0. The van der Waals surface area contributed by atoms with Gasteiger partial charge in [-0.25, -0.2) is 23.7 Å². The van der Waals surface area contributed by atoms with E-state index in [9.17, 15) is 8.78 Å². The monoisotopic (exact) mass is 417 g/mol. The summed E-state index contributed by atoms with van der Waals surface area (Å²) in [5.74, 6) is -1.01. The number of anilines is 3. The summed E-state index contributed by atoms with van der Waals surface area (Å²) in [5, 5.41) is 0. The van der Waals surface area contributed by atoms with Crippen molar-refractivity contribution in [3.8, 4) is 11.3 Å². The molecule has 30 heavy (non-hydrogen) atoms. The molecule has 0 radical (unpaired) electrons.